The third-order valence-electron chi connectivity index (χ3n) is 2.57. The summed E-state index contributed by atoms with van der Waals surface area (Å²) in [6.07, 6.45) is 0.922. The molecule has 0 saturated carbocycles. The monoisotopic (exact) mass is 308 g/mol. The lowest BCUT2D eigenvalue weighted by Crippen LogP contribution is -2.04. The van der Waals surface area contributed by atoms with E-state index in [4.69, 9.17) is 21.4 Å². The van der Waals surface area contributed by atoms with Crippen molar-refractivity contribution < 1.29 is 19.6 Å². The highest BCUT2D eigenvalue weighted by Gasteiger charge is 2.20. The summed E-state index contributed by atoms with van der Waals surface area (Å²) in [7, 11) is 0. The van der Waals surface area contributed by atoms with E-state index in [0.29, 0.717) is 0 Å². The number of hydrogen-bond acceptors (Lipinski definition) is 5. The highest BCUT2D eigenvalue weighted by Crippen LogP contribution is 2.31. The van der Waals surface area contributed by atoms with Gasteiger partial charge in [0.15, 0.2) is 0 Å². The lowest BCUT2D eigenvalue weighted by atomic mass is 10.2. The van der Waals surface area contributed by atoms with Crippen LogP contribution >= 0.6 is 11.6 Å². The number of pyridine rings is 1. The molecule has 0 atom stereocenters. The van der Waals surface area contributed by atoms with E-state index in [0.717, 1.165) is 17.8 Å². The maximum Gasteiger partial charge on any atom is 0.341 e. The number of carboxylic acid groups (broad SMARTS) is 1. The van der Waals surface area contributed by atoms with Gasteiger partial charge in [-0.25, -0.2) is 9.78 Å². The quantitative estimate of drug-likeness (QED) is 0.685. The van der Waals surface area contributed by atoms with Crippen molar-refractivity contribution in [3.05, 3.63) is 56.7 Å². The molecule has 0 aliphatic rings. The van der Waals surface area contributed by atoms with E-state index in [1.54, 1.807) is 18.2 Å². The molecule has 2 aromatic rings. The fourth-order valence-electron chi connectivity index (χ4n) is 1.57. The Hall–Kier alpha value is -2.67. The molecule has 0 unspecified atom stereocenters. The van der Waals surface area contributed by atoms with Crippen molar-refractivity contribution in [2.75, 3.05) is 0 Å². The second-order valence-corrected chi connectivity index (χ2v) is 4.55. The van der Waals surface area contributed by atoms with Crippen LogP contribution in [0.25, 0.3) is 0 Å². The maximum absolute atomic E-state index is 11.2. The number of nitrogens with zero attached hydrogens (tertiary/aromatic N) is 2. The molecule has 0 bridgehead atoms. The Morgan fingerprint density at radius 2 is 2.14 bits per heavy atom. The van der Waals surface area contributed by atoms with Crippen LogP contribution in [0.3, 0.4) is 0 Å². The minimum absolute atomic E-state index is 0.223. The number of carbonyl (C=O) groups is 1. The van der Waals surface area contributed by atoms with Crippen molar-refractivity contribution in [2.24, 2.45) is 0 Å². The average Bonchev–Trinajstić information content (AvgIpc) is 2.42. The van der Waals surface area contributed by atoms with Gasteiger partial charge in [-0.3, -0.25) is 10.1 Å². The van der Waals surface area contributed by atoms with Gasteiger partial charge in [0.05, 0.1) is 9.95 Å². The highest BCUT2D eigenvalue weighted by atomic mass is 35.5. The normalized spacial score (nSPS) is 10.2. The fraction of sp³-hybridized carbons (Fsp3) is 0.0769. The summed E-state index contributed by atoms with van der Waals surface area (Å²) in [4.78, 5) is 24.8. The van der Waals surface area contributed by atoms with Crippen LogP contribution in [-0.4, -0.2) is 21.0 Å². The van der Waals surface area contributed by atoms with Crippen LogP contribution in [0.5, 0.6) is 11.6 Å². The number of nitro groups is 1. The van der Waals surface area contributed by atoms with Gasteiger partial charge in [0.25, 0.3) is 5.69 Å². The Kier molecular flexibility index (Phi) is 4.04. The minimum atomic E-state index is -1.38. The number of aromatic nitrogens is 1. The molecule has 1 aromatic heterocycles. The van der Waals surface area contributed by atoms with E-state index >= 15 is 0 Å². The number of benzene rings is 1. The molecule has 21 heavy (non-hydrogen) atoms. The predicted molar refractivity (Wildman–Crippen MR) is 74.1 cm³/mol. The van der Waals surface area contributed by atoms with Crippen LogP contribution in [0.4, 0.5) is 5.69 Å². The third-order valence-corrected chi connectivity index (χ3v) is 2.88. The van der Waals surface area contributed by atoms with E-state index in [9.17, 15) is 14.9 Å². The van der Waals surface area contributed by atoms with Crippen LogP contribution in [0.1, 0.15) is 15.9 Å². The van der Waals surface area contributed by atoms with Crippen LogP contribution in [0.15, 0.2) is 30.5 Å². The number of rotatable bonds is 4. The standard InChI is InChI=1S/C13H9ClN2O5/c1-7-2-3-10(14)11(4-7)21-12-9(13(17)18)5-8(6-15-12)16(19)20/h2-6H,1H3,(H,17,18). The van der Waals surface area contributed by atoms with Gasteiger partial charge < -0.3 is 9.84 Å². The first-order valence-electron chi connectivity index (χ1n) is 5.70. The van der Waals surface area contributed by atoms with Crippen LogP contribution < -0.4 is 4.74 Å². The van der Waals surface area contributed by atoms with Crippen LogP contribution in [0, 0.1) is 17.0 Å². The number of halogens is 1. The number of ether oxygens (including phenoxy) is 1. The zero-order valence-electron chi connectivity index (χ0n) is 10.7. The van der Waals surface area contributed by atoms with Crippen molar-refractivity contribution in [1.29, 1.82) is 0 Å². The molecule has 0 radical (unpaired) electrons. The van der Waals surface area contributed by atoms with Gasteiger partial charge in [-0.2, -0.15) is 0 Å². The molecule has 7 nitrogen and oxygen atoms in total. The number of hydrogen-bond donors (Lipinski definition) is 1. The van der Waals surface area contributed by atoms with Crippen LogP contribution in [0.2, 0.25) is 5.02 Å². The van der Waals surface area contributed by atoms with Crippen molar-refractivity contribution in [1.82, 2.24) is 4.98 Å². The summed E-state index contributed by atoms with van der Waals surface area (Å²) < 4.78 is 5.37. The molecule has 0 aliphatic heterocycles. The molecule has 0 fully saturated rings. The SMILES string of the molecule is Cc1ccc(Cl)c(Oc2ncc([N+](=O)[O-])cc2C(=O)O)c1. The molecule has 0 saturated heterocycles. The molecule has 1 aromatic carbocycles. The molecule has 0 amide bonds. The van der Waals surface area contributed by atoms with Gasteiger partial charge in [-0.1, -0.05) is 17.7 Å². The predicted octanol–water partition coefficient (Wildman–Crippen LogP) is 3.44. The smallest absolute Gasteiger partial charge is 0.341 e. The Morgan fingerprint density at radius 1 is 1.43 bits per heavy atom. The summed E-state index contributed by atoms with van der Waals surface area (Å²) in [6.45, 7) is 1.81. The Labute approximate surface area is 123 Å². The summed E-state index contributed by atoms with van der Waals surface area (Å²) in [5, 5.41) is 20.0. The van der Waals surface area contributed by atoms with Gasteiger partial charge in [0.1, 0.15) is 17.5 Å². The largest absolute Gasteiger partial charge is 0.477 e. The average molecular weight is 309 g/mol. The molecule has 1 heterocycles. The van der Waals surface area contributed by atoms with Gasteiger partial charge in [-0.05, 0) is 24.6 Å². The topological polar surface area (TPSA) is 103 Å². The van der Waals surface area contributed by atoms with Gasteiger partial charge in [-0.15, -0.1) is 0 Å². The Morgan fingerprint density at radius 3 is 2.76 bits per heavy atom. The third kappa shape index (κ3) is 3.26. The van der Waals surface area contributed by atoms with Crippen LogP contribution in [-0.2, 0) is 0 Å². The highest BCUT2D eigenvalue weighted by molar-refractivity contribution is 6.32. The Balaban J connectivity index is 2.46. The number of aryl methyl sites for hydroxylation is 1. The molecular formula is C13H9ClN2O5. The van der Waals surface area contributed by atoms with E-state index in [-0.39, 0.29) is 16.7 Å². The number of carboxylic acids is 1. The number of aromatic carboxylic acids is 1. The summed E-state index contributed by atoms with van der Waals surface area (Å²) in [5.74, 6) is -1.42. The molecule has 0 spiro atoms. The molecule has 108 valence electrons. The lowest BCUT2D eigenvalue weighted by Gasteiger charge is -2.09. The zero-order chi connectivity index (χ0) is 15.6. The van der Waals surface area contributed by atoms with Gasteiger partial charge in [0, 0.05) is 6.07 Å². The van der Waals surface area contributed by atoms with E-state index in [1.165, 1.54) is 0 Å². The van der Waals surface area contributed by atoms with E-state index in [2.05, 4.69) is 4.98 Å². The molecular weight excluding hydrogens is 300 g/mol. The summed E-state index contributed by atoms with van der Waals surface area (Å²) >= 11 is 5.95. The fourth-order valence-corrected chi connectivity index (χ4v) is 1.72. The minimum Gasteiger partial charge on any atom is -0.477 e. The van der Waals surface area contributed by atoms with Crippen molar-refractivity contribution >= 4 is 23.3 Å². The van der Waals surface area contributed by atoms with Crippen molar-refractivity contribution in [3.8, 4) is 11.6 Å². The second kappa shape index (κ2) is 5.76. The zero-order valence-corrected chi connectivity index (χ0v) is 11.5. The van der Waals surface area contributed by atoms with Crippen molar-refractivity contribution in [3.63, 3.8) is 0 Å². The first kappa shape index (κ1) is 14.7. The summed E-state index contributed by atoms with van der Waals surface area (Å²) in [5.41, 5.74) is 0.00467. The van der Waals surface area contributed by atoms with E-state index < -0.39 is 22.1 Å². The molecule has 8 heteroatoms. The first-order chi connectivity index (χ1) is 9.88. The van der Waals surface area contributed by atoms with Crippen molar-refractivity contribution in [2.45, 2.75) is 6.92 Å². The Bertz CT molecular complexity index is 732. The van der Waals surface area contributed by atoms with Gasteiger partial charge in [0.2, 0.25) is 5.88 Å². The van der Waals surface area contributed by atoms with E-state index in [1.807, 2.05) is 6.92 Å². The lowest BCUT2D eigenvalue weighted by molar-refractivity contribution is -0.385. The first-order valence-corrected chi connectivity index (χ1v) is 6.08. The molecule has 0 aliphatic carbocycles. The molecule has 2 rings (SSSR count). The molecule has 1 N–H and O–H groups in total. The second-order valence-electron chi connectivity index (χ2n) is 4.14. The maximum atomic E-state index is 11.2. The summed E-state index contributed by atoms with van der Waals surface area (Å²) in [6, 6.07) is 5.85. The van der Waals surface area contributed by atoms with Gasteiger partial charge >= 0.3 is 5.97 Å².